The molecule has 0 saturated heterocycles. The molecule has 2 aromatic carbocycles. The third-order valence-corrected chi connectivity index (χ3v) is 6.09. The predicted molar refractivity (Wildman–Crippen MR) is 113 cm³/mol. The Bertz CT molecular complexity index is 970. The molecule has 0 fully saturated rings. The van der Waals surface area contributed by atoms with Crippen LogP contribution in [0.3, 0.4) is 0 Å². The molecule has 6 heteroatoms. The topological polar surface area (TPSA) is 52.6 Å². The van der Waals surface area contributed by atoms with Crippen molar-refractivity contribution in [2.75, 3.05) is 13.1 Å². The van der Waals surface area contributed by atoms with Crippen molar-refractivity contribution in [3.05, 3.63) is 76.4 Å². The second-order valence-corrected chi connectivity index (χ2v) is 7.80. The standard InChI is InChI=1S/C24H28F2N2O2/c1-4-28(5-2)15-17-11-19(13-20(25)12-17)18-9-10-24(14-18,23(29)27-30)21-7-6-8-22(26)16(21)3/h6-8,11-14,30H,4-5,9-10,15H2,1-3H3,(H,27,29)/t24-/m0/s1. The first-order valence-electron chi connectivity index (χ1n) is 10.3. The van der Waals surface area contributed by atoms with E-state index in [1.807, 2.05) is 6.07 Å². The van der Waals surface area contributed by atoms with Gasteiger partial charge >= 0.3 is 0 Å². The van der Waals surface area contributed by atoms with Crippen LogP contribution in [0.5, 0.6) is 0 Å². The van der Waals surface area contributed by atoms with Gasteiger partial charge in [0.1, 0.15) is 11.6 Å². The average molecular weight is 414 g/mol. The Labute approximate surface area is 176 Å². The molecular weight excluding hydrogens is 386 g/mol. The Morgan fingerprint density at radius 3 is 2.60 bits per heavy atom. The van der Waals surface area contributed by atoms with Gasteiger partial charge in [-0.3, -0.25) is 14.9 Å². The number of hydroxylamine groups is 1. The van der Waals surface area contributed by atoms with E-state index in [0.717, 1.165) is 24.2 Å². The number of benzene rings is 2. The van der Waals surface area contributed by atoms with E-state index < -0.39 is 17.1 Å². The fourth-order valence-corrected chi connectivity index (χ4v) is 4.34. The number of allylic oxidation sites excluding steroid dienone is 1. The van der Waals surface area contributed by atoms with Gasteiger partial charge < -0.3 is 0 Å². The quantitative estimate of drug-likeness (QED) is 0.509. The molecular formula is C24H28F2N2O2. The molecule has 160 valence electrons. The maximum Gasteiger partial charge on any atom is 0.257 e. The van der Waals surface area contributed by atoms with Crippen LogP contribution in [0.4, 0.5) is 8.78 Å². The van der Waals surface area contributed by atoms with E-state index in [1.165, 1.54) is 18.2 Å². The number of hydrogen-bond donors (Lipinski definition) is 2. The van der Waals surface area contributed by atoms with Crippen LogP contribution < -0.4 is 5.48 Å². The minimum Gasteiger partial charge on any atom is -0.300 e. The van der Waals surface area contributed by atoms with Crippen molar-refractivity contribution in [3.8, 4) is 0 Å². The highest BCUT2D eigenvalue weighted by Crippen LogP contribution is 2.44. The monoisotopic (exact) mass is 414 g/mol. The predicted octanol–water partition coefficient (Wildman–Crippen LogP) is 4.74. The molecule has 2 aromatic rings. The SMILES string of the molecule is CCN(CC)Cc1cc(F)cc(C2=C[C@](C(=O)NO)(c3cccc(F)c3C)CC2)c1. The number of amides is 1. The van der Waals surface area contributed by atoms with E-state index in [2.05, 4.69) is 18.7 Å². The van der Waals surface area contributed by atoms with Crippen LogP contribution in [-0.2, 0) is 16.8 Å². The lowest BCUT2D eigenvalue weighted by atomic mass is 9.77. The Morgan fingerprint density at radius 2 is 1.93 bits per heavy atom. The lowest BCUT2D eigenvalue weighted by molar-refractivity contribution is -0.133. The third kappa shape index (κ3) is 4.16. The molecule has 0 heterocycles. The van der Waals surface area contributed by atoms with Crippen LogP contribution in [0.25, 0.3) is 5.57 Å². The van der Waals surface area contributed by atoms with E-state index in [0.29, 0.717) is 36.1 Å². The zero-order valence-electron chi connectivity index (χ0n) is 17.6. The molecule has 0 radical (unpaired) electrons. The van der Waals surface area contributed by atoms with Crippen LogP contribution in [0, 0.1) is 18.6 Å². The molecule has 3 rings (SSSR count). The normalized spacial score (nSPS) is 18.6. The number of nitrogens with zero attached hydrogens (tertiary/aromatic N) is 1. The largest absolute Gasteiger partial charge is 0.300 e. The second-order valence-electron chi connectivity index (χ2n) is 7.80. The van der Waals surface area contributed by atoms with E-state index in [9.17, 15) is 18.8 Å². The number of carbonyl (C=O) groups excluding carboxylic acids is 1. The lowest BCUT2D eigenvalue weighted by Crippen LogP contribution is -2.41. The van der Waals surface area contributed by atoms with Gasteiger partial charge in [0.15, 0.2) is 0 Å². The van der Waals surface area contributed by atoms with Gasteiger partial charge in [-0.1, -0.05) is 32.1 Å². The van der Waals surface area contributed by atoms with Crippen molar-refractivity contribution < 1.29 is 18.8 Å². The summed E-state index contributed by atoms with van der Waals surface area (Å²) in [5.74, 6) is -1.36. The zero-order chi connectivity index (χ0) is 21.9. The summed E-state index contributed by atoms with van der Waals surface area (Å²) in [7, 11) is 0. The number of carbonyl (C=O) groups is 1. The van der Waals surface area contributed by atoms with Crippen LogP contribution in [0.15, 0.2) is 42.5 Å². The van der Waals surface area contributed by atoms with E-state index in [4.69, 9.17) is 0 Å². The Hall–Kier alpha value is -2.57. The summed E-state index contributed by atoms with van der Waals surface area (Å²) >= 11 is 0. The number of rotatable bonds is 7. The maximum atomic E-state index is 14.4. The van der Waals surface area contributed by atoms with Crippen LogP contribution in [-0.4, -0.2) is 29.1 Å². The van der Waals surface area contributed by atoms with Crippen LogP contribution in [0.1, 0.15) is 48.9 Å². The van der Waals surface area contributed by atoms with Crippen molar-refractivity contribution in [2.45, 2.75) is 45.6 Å². The molecule has 0 spiro atoms. The molecule has 0 aliphatic heterocycles. The molecule has 1 amide bonds. The van der Waals surface area contributed by atoms with Crippen molar-refractivity contribution >= 4 is 11.5 Å². The van der Waals surface area contributed by atoms with Gasteiger partial charge in [-0.15, -0.1) is 0 Å². The zero-order valence-corrected chi connectivity index (χ0v) is 17.6. The van der Waals surface area contributed by atoms with Crippen molar-refractivity contribution in [1.29, 1.82) is 0 Å². The molecule has 1 atom stereocenters. The summed E-state index contributed by atoms with van der Waals surface area (Å²) in [5, 5.41) is 9.39. The molecule has 30 heavy (non-hydrogen) atoms. The minimum atomic E-state index is -1.21. The molecule has 0 unspecified atom stereocenters. The molecule has 1 aliphatic rings. The van der Waals surface area contributed by atoms with Gasteiger partial charge in [-0.05, 0) is 84.9 Å². The minimum absolute atomic E-state index is 0.332. The highest BCUT2D eigenvalue weighted by atomic mass is 19.1. The molecule has 2 N–H and O–H groups in total. The van der Waals surface area contributed by atoms with Crippen molar-refractivity contribution in [2.24, 2.45) is 0 Å². The summed E-state index contributed by atoms with van der Waals surface area (Å²) in [6.07, 6.45) is 2.62. The lowest BCUT2D eigenvalue weighted by Gasteiger charge is -2.27. The maximum absolute atomic E-state index is 14.4. The first-order chi connectivity index (χ1) is 14.3. The van der Waals surface area contributed by atoms with Crippen LogP contribution in [0.2, 0.25) is 0 Å². The molecule has 4 nitrogen and oxygen atoms in total. The Balaban J connectivity index is 2.06. The second kappa shape index (κ2) is 9.06. The highest BCUT2D eigenvalue weighted by molar-refractivity contribution is 5.94. The number of halogens is 2. The Kier molecular flexibility index (Phi) is 6.68. The summed E-state index contributed by atoms with van der Waals surface area (Å²) < 4.78 is 28.6. The average Bonchev–Trinajstić information content (AvgIpc) is 3.19. The van der Waals surface area contributed by atoms with Crippen molar-refractivity contribution in [3.63, 3.8) is 0 Å². The van der Waals surface area contributed by atoms with Gasteiger partial charge in [0.05, 0.1) is 5.41 Å². The number of nitrogens with one attached hydrogen (secondary N) is 1. The molecule has 0 saturated carbocycles. The molecule has 1 aliphatic carbocycles. The fourth-order valence-electron chi connectivity index (χ4n) is 4.34. The number of hydrogen-bond acceptors (Lipinski definition) is 3. The summed E-state index contributed by atoms with van der Waals surface area (Å²) in [5.41, 5.74) is 3.78. The smallest absolute Gasteiger partial charge is 0.257 e. The third-order valence-electron chi connectivity index (χ3n) is 6.09. The van der Waals surface area contributed by atoms with Gasteiger partial charge in [0, 0.05) is 6.54 Å². The van der Waals surface area contributed by atoms with Crippen molar-refractivity contribution in [1.82, 2.24) is 10.4 Å². The van der Waals surface area contributed by atoms with Gasteiger partial charge in [-0.25, -0.2) is 14.3 Å². The Morgan fingerprint density at radius 1 is 1.20 bits per heavy atom. The summed E-state index contributed by atoms with van der Waals surface area (Å²) in [4.78, 5) is 14.9. The van der Waals surface area contributed by atoms with E-state index in [1.54, 1.807) is 30.6 Å². The van der Waals surface area contributed by atoms with Gasteiger partial charge in [0.2, 0.25) is 0 Å². The molecule has 0 bridgehead atoms. The molecule has 0 aromatic heterocycles. The van der Waals surface area contributed by atoms with E-state index in [-0.39, 0.29) is 5.82 Å². The summed E-state index contributed by atoms with van der Waals surface area (Å²) in [6, 6.07) is 9.53. The first-order valence-corrected chi connectivity index (χ1v) is 10.3. The fraction of sp³-hybridized carbons (Fsp3) is 0.375. The first kappa shape index (κ1) is 22.1. The van der Waals surface area contributed by atoms with Gasteiger partial charge in [-0.2, -0.15) is 0 Å². The summed E-state index contributed by atoms with van der Waals surface area (Å²) in [6.45, 7) is 8.11. The van der Waals surface area contributed by atoms with E-state index >= 15 is 0 Å². The highest BCUT2D eigenvalue weighted by Gasteiger charge is 2.43. The van der Waals surface area contributed by atoms with Gasteiger partial charge in [0.25, 0.3) is 5.91 Å². The van der Waals surface area contributed by atoms with Crippen LogP contribution >= 0.6 is 0 Å².